The van der Waals surface area contributed by atoms with Crippen LogP contribution in [0.5, 0.6) is 11.5 Å². The molecule has 2 aromatic carbocycles. The number of carbonyl (C=O) groups is 1. The summed E-state index contributed by atoms with van der Waals surface area (Å²) in [4.78, 5) is 12.2. The van der Waals surface area contributed by atoms with Crippen LogP contribution in [0.1, 0.15) is 11.1 Å². The maximum absolute atomic E-state index is 12.2. The molecule has 2 aromatic rings. The summed E-state index contributed by atoms with van der Waals surface area (Å²) in [5, 5.41) is 0.568. The minimum absolute atomic E-state index is 0.411. The summed E-state index contributed by atoms with van der Waals surface area (Å²) in [5.41, 5.74) is 1.82. The molecule has 0 fully saturated rings. The highest BCUT2D eigenvalue weighted by Crippen LogP contribution is 2.35. The van der Waals surface area contributed by atoms with Crippen LogP contribution in [-0.4, -0.2) is 20.2 Å². The molecule has 1 heterocycles. The van der Waals surface area contributed by atoms with Gasteiger partial charge in [0.05, 0.1) is 25.4 Å². The van der Waals surface area contributed by atoms with E-state index in [1.807, 2.05) is 18.2 Å². The fraction of sp³-hybridized carbons (Fsp3) is 0.105. The standard InChI is InChI=1S/C19H15ClO4/c1-22-14-7-8-17(23-2)15(11-14)18-10-13(19(21)24-18)9-12-5-3-4-6-16(12)20/h3-11H,1-2H3/b13-9-. The Bertz CT molecular complexity index is 852. The lowest BCUT2D eigenvalue weighted by atomic mass is 10.1. The summed E-state index contributed by atoms with van der Waals surface area (Å²) in [6.07, 6.45) is 3.37. The monoisotopic (exact) mass is 342 g/mol. The molecular weight excluding hydrogens is 328 g/mol. The first-order valence-electron chi connectivity index (χ1n) is 7.25. The topological polar surface area (TPSA) is 44.8 Å². The van der Waals surface area contributed by atoms with Crippen molar-refractivity contribution in [3.05, 3.63) is 70.3 Å². The van der Waals surface area contributed by atoms with E-state index in [0.29, 0.717) is 33.4 Å². The smallest absolute Gasteiger partial charge is 0.343 e. The predicted octanol–water partition coefficient (Wildman–Crippen LogP) is 4.34. The van der Waals surface area contributed by atoms with Crippen LogP contribution in [0.25, 0.3) is 11.8 Å². The Morgan fingerprint density at radius 1 is 1.08 bits per heavy atom. The summed E-state index contributed by atoms with van der Waals surface area (Å²) in [7, 11) is 3.13. The van der Waals surface area contributed by atoms with Crippen LogP contribution in [0, 0.1) is 0 Å². The van der Waals surface area contributed by atoms with Gasteiger partial charge in [0.2, 0.25) is 0 Å². The largest absolute Gasteiger partial charge is 0.497 e. The zero-order valence-electron chi connectivity index (χ0n) is 13.2. The van der Waals surface area contributed by atoms with Crippen molar-refractivity contribution < 1.29 is 19.0 Å². The van der Waals surface area contributed by atoms with Gasteiger partial charge in [0.1, 0.15) is 17.3 Å². The average molecular weight is 343 g/mol. The van der Waals surface area contributed by atoms with Gasteiger partial charge in [-0.2, -0.15) is 0 Å². The quantitative estimate of drug-likeness (QED) is 0.612. The summed E-state index contributed by atoms with van der Waals surface area (Å²) in [6, 6.07) is 12.6. The molecule has 1 aliphatic rings. The van der Waals surface area contributed by atoms with Gasteiger partial charge < -0.3 is 14.2 Å². The maximum atomic E-state index is 12.2. The molecule has 0 saturated heterocycles. The molecule has 24 heavy (non-hydrogen) atoms. The Labute approximate surface area is 144 Å². The van der Waals surface area contributed by atoms with Gasteiger partial charge in [-0.15, -0.1) is 0 Å². The van der Waals surface area contributed by atoms with Crippen molar-refractivity contribution in [2.45, 2.75) is 0 Å². The van der Waals surface area contributed by atoms with Crippen LogP contribution in [0.4, 0.5) is 0 Å². The van der Waals surface area contributed by atoms with Crippen molar-refractivity contribution >= 4 is 29.4 Å². The first kappa shape index (κ1) is 16.1. The van der Waals surface area contributed by atoms with Crippen molar-refractivity contribution in [2.75, 3.05) is 14.2 Å². The molecule has 0 saturated carbocycles. The molecule has 0 atom stereocenters. The van der Waals surface area contributed by atoms with E-state index in [1.165, 1.54) is 0 Å². The minimum atomic E-state index is -0.435. The Morgan fingerprint density at radius 2 is 1.88 bits per heavy atom. The van der Waals surface area contributed by atoms with Crippen molar-refractivity contribution in [1.29, 1.82) is 0 Å². The average Bonchev–Trinajstić information content (AvgIpc) is 2.97. The lowest BCUT2D eigenvalue weighted by Gasteiger charge is -2.10. The summed E-state index contributed by atoms with van der Waals surface area (Å²) in [5.74, 6) is 1.21. The van der Waals surface area contributed by atoms with E-state index in [0.717, 1.165) is 5.56 Å². The Hall–Kier alpha value is -2.72. The van der Waals surface area contributed by atoms with E-state index < -0.39 is 5.97 Å². The number of hydrogen-bond acceptors (Lipinski definition) is 4. The van der Waals surface area contributed by atoms with E-state index in [-0.39, 0.29) is 0 Å². The van der Waals surface area contributed by atoms with Gasteiger partial charge in [-0.25, -0.2) is 4.79 Å². The molecule has 0 spiro atoms. The first-order valence-corrected chi connectivity index (χ1v) is 7.62. The third-order valence-corrected chi connectivity index (χ3v) is 3.96. The minimum Gasteiger partial charge on any atom is -0.497 e. The summed E-state index contributed by atoms with van der Waals surface area (Å²) >= 11 is 6.14. The van der Waals surface area contributed by atoms with Crippen molar-refractivity contribution in [3.63, 3.8) is 0 Å². The number of benzene rings is 2. The molecule has 3 rings (SSSR count). The van der Waals surface area contributed by atoms with Crippen molar-refractivity contribution in [3.8, 4) is 11.5 Å². The van der Waals surface area contributed by atoms with E-state index in [9.17, 15) is 4.79 Å². The molecule has 0 aliphatic carbocycles. The van der Waals surface area contributed by atoms with E-state index >= 15 is 0 Å². The van der Waals surface area contributed by atoms with Crippen LogP contribution >= 0.6 is 11.6 Å². The van der Waals surface area contributed by atoms with Gasteiger partial charge in [-0.3, -0.25) is 0 Å². The maximum Gasteiger partial charge on any atom is 0.343 e. The predicted molar refractivity (Wildman–Crippen MR) is 93.0 cm³/mol. The molecule has 5 heteroatoms. The molecule has 1 aliphatic heterocycles. The zero-order valence-corrected chi connectivity index (χ0v) is 14.0. The Morgan fingerprint density at radius 3 is 2.58 bits per heavy atom. The molecule has 0 aromatic heterocycles. The second kappa shape index (κ2) is 6.81. The summed E-state index contributed by atoms with van der Waals surface area (Å²) in [6.45, 7) is 0. The number of methoxy groups -OCH3 is 2. The SMILES string of the molecule is COc1ccc(OC)c(C2=C/C(=C/c3ccccc3Cl)C(=O)O2)c1. The number of halogens is 1. The molecule has 0 N–H and O–H groups in total. The molecule has 4 nitrogen and oxygen atoms in total. The highest BCUT2D eigenvalue weighted by atomic mass is 35.5. The van der Waals surface area contributed by atoms with Crippen LogP contribution in [0.3, 0.4) is 0 Å². The lowest BCUT2D eigenvalue weighted by Crippen LogP contribution is -1.99. The van der Waals surface area contributed by atoms with E-state index in [4.69, 9.17) is 25.8 Å². The molecule has 0 unspecified atom stereocenters. The highest BCUT2D eigenvalue weighted by Gasteiger charge is 2.24. The fourth-order valence-corrected chi connectivity index (χ4v) is 2.58. The third kappa shape index (κ3) is 3.14. The van der Waals surface area contributed by atoms with Gasteiger partial charge in [0.25, 0.3) is 0 Å². The number of carbonyl (C=O) groups excluding carboxylic acids is 1. The number of cyclic esters (lactones) is 1. The van der Waals surface area contributed by atoms with Gasteiger partial charge >= 0.3 is 5.97 Å². The van der Waals surface area contributed by atoms with Gasteiger partial charge in [0.15, 0.2) is 0 Å². The molecule has 0 bridgehead atoms. The zero-order chi connectivity index (χ0) is 17.1. The second-order valence-corrected chi connectivity index (χ2v) is 5.49. The Kier molecular flexibility index (Phi) is 4.58. The lowest BCUT2D eigenvalue weighted by molar-refractivity contribution is -0.130. The first-order chi connectivity index (χ1) is 11.6. The van der Waals surface area contributed by atoms with Crippen LogP contribution < -0.4 is 9.47 Å². The van der Waals surface area contributed by atoms with Crippen LogP contribution in [0.2, 0.25) is 5.02 Å². The molecule has 0 amide bonds. The van der Waals surface area contributed by atoms with E-state index in [1.54, 1.807) is 50.6 Å². The molecule has 0 radical (unpaired) electrons. The van der Waals surface area contributed by atoms with Crippen molar-refractivity contribution in [2.24, 2.45) is 0 Å². The normalized spacial score (nSPS) is 15.2. The van der Waals surface area contributed by atoms with Crippen LogP contribution in [0.15, 0.2) is 54.1 Å². The number of ether oxygens (including phenoxy) is 3. The second-order valence-electron chi connectivity index (χ2n) is 5.09. The van der Waals surface area contributed by atoms with Gasteiger partial charge in [-0.05, 0) is 42.0 Å². The van der Waals surface area contributed by atoms with Crippen LogP contribution in [-0.2, 0) is 9.53 Å². The third-order valence-electron chi connectivity index (χ3n) is 3.61. The van der Waals surface area contributed by atoms with Crippen molar-refractivity contribution in [1.82, 2.24) is 0 Å². The summed E-state index contributed by atoms with van der Waals surface area (Å²) < 4.78 is 15.9. The van der Waals surface area contributed by atoms with Gasteiger partial charge in [0, 0.05) is 5.02 Å². The Balaban J connectivity index is 2.02. The number of rotatable bonds is 4. The van der Waals surface area contributed by atoms with E-state index in [2.05, 4.69) is 0 Å². The molecule has 122 valence electrons. The van der Waals surface area contributed by atoms with Gasteiger partial charge in [-0.1, -0.05) is 29.8 Å². The highest BCUT2D eigenvalue weighted by molar-refractivity contribution is 6.32. The number of hydrogen-bond donors (Lipinski definition) is 0. The fourth-order valence-electron chi connectivity index (χ4n) is 2.39. The molecular formula is C19H15ClO4. The number of esters is 1.